The average molecular weight is 290 g/mol. The van der Waals surface area contributed by atoms with E-state index < -0.39 is 10.0 Å². The molecule has 0 aromatic carbocycles. The Balaban J connectivity index is 2.17. The molecule has 2 unspecified atom stereocenters. The quantitative estimate of drug-likeness (QED) is 0.846. The number of hydrogen-bond donors (Lipinski definition) is 2. The second-order valence-electron chi connectivity index (χ2n) is 4.33. The average Bonchev–Trinajstić information content (AvgIpc) is 2.90. The van der Waals surface area contributed by atoms with Crippen molar-refractivity contribution < 1.29 is 13.2 Å². The van der Waals surface area contributed by atoms with Gasteiger partial charge in [0.15, 0.2) is 0 Å². The lowest BCUT2D eigenvalue weighted by Gasteiger charge is -2.16. The van der Waals surface area contributed by atoms with Gasteiger partial charge in [-0.15, -0.1) is 11.3 Å². The molecule has 102 valence electrons. The van der Waals surface area contributed by atoms with Gasteiger partial charge in [-0.25, -0.2) is 13.1 Å². The molecular formula is C11H18N2O3S2. The summed E-state index contributed by atoms with van der Waals surface area (Å²) in [5.41, 5.74) is 0. The highest BCUT2D eigenvalue weighted by Gasteiger charge is 2.30. The number of sulfonamides is 1. The van der Waals surface area contributed by atoms with Gasteiger partial charge in [-0.05, 0) is 31.8 Å². The summed E-state index contributed by atoms with van der Waals surface area (Å²) >= 11 is 1.45. The third-order valence-corrected chi connectivity index (χ3v) is 5.64. The molecule has 0 radical (unpaired) electrons. The van der Waals surface area contributed by atoms with Crippen LogP contribution in [0.15, 0.2) is 16.3 Å². The molecule has 2 rings (SSSR count). The number of thiophene rings is 1. The number of rotatable bonds is 5. The van der Waals surface area contributed by atoms with E-state index in [0.717, 1.165) is 11.3 Å². The lowest BCUT2D eigenvalue weighted by molar-refractivity contribution is 0.117. The topological polar surface area (TPSA) is 67.4 Å². The highest BCUT2D eigenvalue weighted by atomic mass is 32.2. The van der Waals surface area contributed by atoms with Gasteiger partial charge in [0.25, 0.3) is 0 Å². The normalized spacial score (nSPS) is 24.6. The Morgan fingerprint density at radius 1 is 1.56 bits per heavy atom. The summed E-state index contributed by atoms with van der Waals surface area (Å²) in [4.78, 5) is 1.21. The summed E-state index contributed by atoms with van der Waals surface area (Å²) in [5.74, 6) is 0. The van der Waals surface area contributed by atoms with Gasteiger partial charge in [0.05, 0.1) is 17.0 Å². The first kappa shape index (κ1) is 14.0. The molecule has 0 bridgehead atoms. The molecule has 1 aromatic heterocycles. The molecule has 0 aliphatic carbocycles. The molecule has 7 heteroatoms. The minimum atomic E-state index is -3.45. The van der Waals surface area contributed by atoms with Crippen LogP contribution in [0.4, 0.5) is 0 Å². The van der Waals surface area contributed by atoms with Crippen LogP contribution >= 0.6 is 11.3 Å². The van der Waals surface area contributed by atoms with Gasteiger partial charge < -0.3 is 10.1 Å². The van der Waals surface area contributed by atoms with Crippen molar-refractivity contribution in [2.75, 3.05) is 13.7 Å². The fourth-order valence-electron chi connectivity index (χ4n) is 2.01. The van der Waals surface area contributed by atoms with Gasteiger partial charge in [-0.1, -0.05) is 0 Å². The molecular weight excluding hydrogens is 272 g/mol. The van der Waals surface area contributed by atoms with Gasteiger partial charge in [-0.2, -0.15) is 0 Å². The highest BCUT2D eigenvalue weighted by Crippen LogP contribution is 2.23. The molecule has 0 saturated carbocycles. The zero-order chi connectivity index (χ0) is 13.2. The molecule has 2 atom stereocenters. The Morgan fingerprint density at radius 3 is 2.94 bits per heavy atom. The summed E-state index contributed by atoms with van der Waals surface area (Å²) in [5, 5.41) is 4.78. The molecule has 1 fully saturated rings. The Morgan fingerprint density at radius 2 is 2.33 bits per heavy atom. The van der Waals surface area contributed by atoms with Crippen LogP contribution in [0.5, 0.6) is 0 Å². The standard InChI is InChI=1S/C11H18N2O3S2/c1-8-9(3-5-16-8)13-18(14,15)11-4-6-17-10(11)7-12-2/h4,6,8-9,12-13H,3,5,7H2,1-2H3. The van der Waals surface area contributed by atoms with Gasteiger partial charge in [0.2, 0.25) is 10.0 Å². The maximum absolute atomic E-state index is 12.3. The molecule has 2 heterocycles. The monoisotopic (exact) mass is 290 g/mol. The van der Waals surface area contributed by atoms with E-state index >= 15 is 0 Å². The van der Waals surface area contributed by atoms with E-state index in [4.69, 9.17) is 4.74 Å². The third-order valence-electron chi connectivity index (χ3n) is 3.01. The van der Waals surface area contributed by atoms with Crippen molar-refractivity contribution in [1.82, 2.24) is 10.0 Å². The van der Waals surface area contributed by atoms with E-state index in [-0.39, 0.29) is 12.1 Å². The molecule has 1 saturated heterocycles. The van der Waals surface area contributed by atoms with Crippen LogP contribution in [-0.4, -0.2) is 34.2 Å². The summed E-state index contributed by atoms with van der Waals surface area (Å²) < 4.78 is 32.7. The van der Waals surface area contributed by atoms with Crippen molar-refractivity contribution >= 4 is 21.4 Å². The largest absolute Gasteiger partial charge is 0.377 e. The van der Waals surface area contributed by atoms with Crippen LogP contribution in [0.3, 0.4) is 0 Å². The Hall–Kier alpha value is -0.470. The van der Waals surface area contributed by atoms with E-state index in [1.807, 2.05) is 6.92 Å². The predicted molar refractivity (Wildman–Crippen MR) is 71.2 cm³/mol. The minimum absolute atomic E-state index is 0.0637. The molecule has 18 heavy (non-hydrogen) atoms. The van der Waals surface area contributed by atoms with Crippen molar-refractivity contribution in [2.45, 2.75) is 36.9 Å². The van der Waals surface area contributed by atoms with E-state index in [2.05, 4.69) is 10.0 Å². The fourth-order valence-corrected chi connectivity index (χ4v) is 4.80. The zero-order valence-corrected chi connectivity index (χ0v) is 12.1. The van der Waals surface area contributed by atoms with Crippen LogP contribution in [-0.2, 0) is 21.3 Å². The smallest absolute Gasteiger partial charge is 0.242 e. The van der Waals surface area contributed by atoms with E-state index in [0.29, 0.717) is 18.0 Å². The predicted octanol–water partition coefficient (Wildman–Crippen LogP) is 0.923. The third kappa shape index (κ3) is 2.92. The van der Waals surface area contributed by atoms with Crippen LogP contribution < -0.4 is 10.0 Å². The van der Waals surface area contributed by atoms with Gasteiger partial charge in [-0.3, -0.25) is 0 Å². The van der Waals surface area contributed by atoms with Gasteiger partial charge >= 0.3 is 0 Å². The first-order valence-corrected chi connectivity index (χ1v) is 8.26. The van der Waals surface area contributed by atoms with Crippen molar-refractivity contribution in [3.63, 3.8) is 0 Å². The highest BCUT2D eigenvalue weighted by molar-refractivity contribution is 7.89. The molecule has 0 amide bonds. The maximum Gasteiger partial charge on any atom is 0.242 e. The Bertz CT molecular complexity index is 498. The Kier molecular flexibility index (Phi) is 4.39. The maximum atomic E-state index is 12.3. The molecule has 1 aromatic rings. The van der Waals surface area contributed by atoms with Crippen LogP contribution in [0, 0.1) is 0 Å². The summed E-state index contributed by atoms with van der Waals surface area (Å²) in [6.07, 6.45) is 0.664. The molecule has 0 spiro atoms. The van der Waals surface area contributed by atoms with Crippen LogP contribution in [0.1, 0.15) is 18.2 Å². The molecule has 5 nitrogen and oxygen atoms in total. The molecule has 2 N–H and O–H groups in total. The SMILES string of the molecule is CNCc1sccc1S(=O)(=O)NC1CCOC1C. The van der Waals surface area contributed by atoms with Crippen molar-refractivity contribution in [1.29, 1.82) is 0 Å². The van der Waals surface area contributed by atoms with E-state index in [1.165, 1.54) is 11.3 Å². The van der Waals surface area contributed by atoms with Crippen molar-refractivity contribution in [3.8, 4) is 0 Å². The van der Waals surface area contributed by atoms with Crippen LogP contribution in [0.2, 0.25) is 0 Å². The van der Waals surface area contributed by atoms with Crippen molar-refractivity contribution in [2.24, 2.45) is 0 Å². The second kappa shape index (κ2) is 5.66. The molecule has 1 aliphatic rings. The van der Waals surface area contributed by atoms with Gasteiger partial charge in [0.1, 0.15) is 0 Å². The lowest BCUT2D eigenvalue weighted by Crippen LogP contribution is -2.39. The summed E-state index contributed by atoms with van der Waals surface area (Å²) in [7, 11) is -1.64. The number of ether oxygens (including phenoxy) is 1. The van der Waals surface area contributed by atoms with E-state index in [1.54, 1.807) is 18.5 Å². The lowest BCUT2D eigenvalue weighted by atomic mass is 10.2. The minimum Gasteiger partial charge on any atom is -0.377 e. The second-order valence-corrected chi connectivity index (χ2v) is 7.01. The number of nitrogens with one attached hydrogen (secondary N) is 2. The first-order chi connectivity index (χ1) is 8.54. The van der Waals surface area contributed by atoms with Gasteiger partial charge in [0, 0.05) is 18.0 Å². The van der Waals surface area contributed by atoms with Crippen molar-refractivity contribution in [3.05, 3.63) is 16.3 Å². The number of hydrogen-bond acceptors (Lipinski definition) is 5. The first-order valence-electron chi connectivity index (χ1n) is 5.89. The summed E-state index contributed by atoms with van der Waals surface area (Å²) in [6.45, 7) is 3.06. The van der Waals surface area contributed by atoms with E-state index in [9.17, 15) is 8.42 Å². The summed E-state index contributed by atoms with van der Waals surface area (Å²) in [6, 6.07) is 1.53. The Labute approximate surface area is 112 Å². The van der Waals surface area contributed by atoms with Crippen LogP contribution in [0.25, 0.3) is 0 Å². The molecule has 1 aliphatic heterocycles. The zero-order valence-electron chi connectivity index (χ0n) is 10.5. The fraction of sp³-hybridized carbons (Fsp3) is 0.636.